The van der Waals surface area contributed by atoms with E-state index in [2.05, 4.69) is 4.98 Å². The number of hydrogen-bond donors (Lipinski definition) is 2. The molecular weight excluding hydrogens is 325 g/mol. The van der Waals surface area contributed by atoms with Crippen LogP contribution >= 0.6 is 22.9 Å². The number of aliphatic carboxylic acids is 1. The Balaban J connectivity index is 2.07. The number of hydrogen-bond acceptors (Lipinski definition) is 2. The third-order valence-electron chi connectivity index (χ3n) is 3.22. The standard InChI is InChI=1S/C16H11ClFNO2S/c17-14-6-5-13(22-14)16-10(8-15(20)21)7-12(19-16)9-1-3-11(18)4-2-9/h1-7,19H,8H2,(H,20,21). The van der Waals surface area contributed by atoms with Gasteiger partial charge in [-0.05, 0) is 53.6 Å². The van der Waals surface area contributed by atoms with Crippen molar-refractivity contribution >= 4 is 28.9 Å². The molecule has 6 heteroatoms. The van der Waals surface area contributed by atoms with Crippen molar-refractivity contribution < 1.29 is 14.3 Å². The average Bonchev–Trinajstić information content (AvgIpc) is 3.05. The molecule has 0 unspecified atom stereocenters. The van der Waals surface area contributed by atoms with E-state index in [0.29, 0.717) is 9.90 Å². The number of aromatic nitrogens is 1. The number of benzene rings is 1. The van der Waals surface area contributed by atoms with Crippen molar-refractivity contribution in [1.29, 1.82) is 0 Å². The molecule has 0 aliphatic carbocycles. The molecule has 0 aliphatic rings. The number of H-pyrrole nitrogens is 1. The molecule has 0 atom stereocenters. The molecule has 22 heavy (non-hydrogen) atoms. The van der Waals surface area contributed by atoms with Crippen LogP contribution in [0.5, 0.6) is 0 Å². The van der Waals surface area contributed by atoms with Crippen molar-refractivity contribution in [3.8, 4) is 21.8 Å². The minimum absolute atomic E-state index is 0.0947. The number of rotatable bonds is 4. The lowest BCUT2D eigenvalue weighted by Gasteiger charge is -1.99. The van der Waals surface area contributed by atoms with Crippen LogP contribution in [-0.2, 0) is 11.2 Å². The zero-order chi connectivity index (χ0) is 15.7. The first kappa shape index (κ1) is 14.8. The Morgan fingerprint density at radius 1 is 1.23 bits per heavy atom. The molecule has 0 fully saturated rings. The minimum atomic E-state index is -0.909. The third kappa shape index (κ3) is 3.05. The quantitative estimate of drug-likeness (QED) is 0.717. The number of carbonyl (C=O) groups is 1. The third-order valence-corrected chi connectivity index (χ3v) is 4.46. The lowest BCUT2D eigenvalue weighted by atomic mass is 10.1. The Hall–Kier alpha value is -2.11. The second kappa shape index (κ2) is 5.94. The van der Waals surface area contributed by atoms with Gasteiger partial charge in [-0.3, -0.25) is 4.79 Å². The second-order valence-electron chi connectivity index (χ2n) is 4.76. The minimum Gasteiger partial charge on any atom is -0.481 e. The van der Waals surface area contributed by atoms with Gasteiger partial charge in [-0.15, -0.1) is 11.3 Å². The predicted octanol–water partition coefficient (Wildman–Crippen LogP) is 4.83. The first-order valence-corrected chi connectivity index (χ1v) is 7.67. The average molecular weight is 336 g/mol. The van der Waals surface area contributed by atoms with Crippen LogP contribution in [-0.4, -0.2) is 16.1 Å². The van der Waals surface area contributed by atoms with E-state index in [9.17, 15) is 9.18 Å². The fourth-order valence-electron chi connectivity index (χ4n) is 2.25. The Morgan fingerprint density at radius 3 is 2.55 bits per heavy atom. The highest BCUT2D eigenvalue weighted by atomic mass is 35.5. The van der Waals surface area contributed by atoms with Crippen LogP contribution in [0.3, 0.4) is 0 Å². The van der Waals surface area contributed by atoms with Crippen molar-refractivity contribution in [3.63, 3.8) is 0 Å². The molecular formula is C16H11ClFNO2S. The van der Waals surface area contributed by atoms with E-state index in [-0.39, 0.29) is 12.2 Å². The number of carboxylic acids is 1. The van der Waals surface area contributed by atoms with Gasteiger partial charge in [-0.25, -0.2) is 4.39 Å². The summed E-state index contributed by atoms with van der Waals surface area (Å²) in [4.78, 5) is 15.2. The molecule has 2 N–H and O–H groups in total. The molecule has 0 saturated heterocycles. The van der Waals surface area contributed by atoms with Gasteiger partial charge < -0.3 is 10.1 Å². The fourth-order valence-corrected chi connectivity index (χ4v) is 3.33. The number of aromatic amines is 1. The maximum atomic E-state index is 13.0. The smallest absolute Gasteiger partial charge is 0.307 e. The molecule has 0 radical (unpaired) electrons. The number of halogens is 2. The summed E-state index contributed by atoms with van der Waals surface area (Å²) in [6, 6.07) is 11.4. The SMILES string of the molecule is O=C(O)Cc1cc(-c2ccc(F)cc2)[nH]c1-c1ccc(Cl)s1. The van der Waals surface area contributed by atoms with Crippen LogP contribution in [0.2, 0.25) is 4.34 Å². The topological polar surface area (TPSA) is 53.1 Å². The maximum Gasteiger partial charge on any atom is 0.307 e. The van der Waals surface area contributed by atoms with E-state index in [1.54, 1.807) is 24.3 Å². The van der Waals surface area contributed by atoms with Crippen molar-refractivity contribution in [1.82, 2.24) is 4.98 Å². The summed E-state index contributed by atoms with van der Waals surface area (Å²) in [5, 5.41) is 9.07. The highest BCUT2D eigenvalue weighted by Crippen LogP contribution is 2.35. The number of carboxylic acid groups (broad SMARTS) is 1. The first-order chi connectivity index (χ1) is 10.5. The van der Waals surface area contributed by atoms with Crippen molar-refractivity contribution in [2.45, 2.75) is 6.42 Å². The summed E-state index contributed by atoms with van der Waals surface area (Å²) >= 11 is 7.33. The molecule has 0 aliphatic heterocycles. The van der Waals surface area contributed by atoms with Gasteiger partial charge in [0.15, 0.2) is 0 Å². The fraction of sp³-hybridized carbons (Fsp3) is 0.0625. The van der Waals surface area contributed by atoms with E-state index in [1.807, 2.05) is 6.07 Å². The molecule has 112 valence electrons. The summed E-state index contributed by atoms with van der Waals surface area (Å²) in [6.45, 7) is 0. The van der Waals surface area contributed by atoms with E-state index in [1.165, 1.54) is 23.5 Å². The van der Waals surface area contributed by atoms with Gasteiger partial charge in [0, 0.05) is 5.69 Å². The lowest BCUT2D eigenvalue weighted by Crippen LogP contribution is -1.99. The largest absolute Gasteiger partial charge is 0.481 e. The zero-order valence-corrected chi connectivity index (χ0v) is 12.8. The summed E-state index contributed by atoms with van der Waals surface area (Å²) in [6.07, 6.45) is -0.0947. The Kier molecular flexibility index (Phi) is 4.00. The van der Waals surface area contributed by atoms with Crippen LogP contribution in [0.4, 0.5) is 4.39 Å². The van der Waals surface area contributed by atoms with Gasteiger partial charge in [0.1, 0.15) is 5.82 Å². The number of nitrogens with one attached hydrogen (secondary N) is 1. The summed E-state index contributed by atoms with van der Waals surface area (Å²) < 4.78 is 13.7. The van der Waals surface area contributed by atoms with Gasteiger partial charge >= 0.3 is 5.97 Å². The van der Waals surface area contributed by atoms with Crippen LogP contribution < -0.4 is 0 Å². The van der Waals surface area contributed by atoms with Gasteiger partial charge in [-0.2, -0.15) is 0 Å². The van der Waals surface area contributed by atoms with E-state index in [4.69, 9.17) is 16.7 Å². The number of thiophene rings is 1. The van der Waals surface area contributed by atoms with Crippen molar-refractivity contribution in [2.24, 2.45) is 0 Å². The summed E-state index contributed by atoms with van der Waals surface area (Å²) in [7, 11) is 0. The van der Waals surface area contributed by atoms with Crippen molar-refractivity contribution in [3.05, 3.63) is 58.2 Å². The van der Waals surface area contributed by atoms with Crippen LogP contribution in [0.1, 0.15) is 5.56 Å². The molecule has 0 saturated carbocycles. The summed E-state index contributed by atoms with van der Waals surface area (Å²) in [5.74, 6) is -1.22. The van der Waals surface area contributed by atoms with E-state index in [0.717, 1.165) is 21.8 Å². The molecule has 3 rings (SSSR count). The van der Waals surface area contributed by atoms with Gasteiger partial charge in [-0.1, -0.05) is 11.6 Å². The molecule has 3 aromatic rings. The normalized spacial score (nSPS) is 10.8. The Morgan fingerprint density at radius 2 is 1.95 bits per heavy atom. The second-order valence-corrected chi connectivity index (χ2v) is 6.48. The molecule has 0 spiro atoms. The van der Waals surface area contributed by atoms with Gasteiger partial charge in [0.2, 0.25) is 0 Å². The predicted molar refractivity (Wildman–Crippen MR) is 85.8 cm³/mol. The molecule has 3 nitrogen and oxygen atoms in total. The van der Waals surface area contributed by atoms with Crippen LogP contribution in [0, 0.1) is 5.82 Å². The monoisotopic (exact) mass is 335 g/mol. The zero-order valence-electron chi connectivity index (χ0n) is 11.3. The molecule has 2 aromatic heterocycles. The van der Waals surface area contributed by atoms with Crippen LogP contribution in [0.25, 0.3) is 21.8 Å². The molecule has 0 amide bonds. The lowest BCUT2D eigenvalue weighted by molar-refractivity contribution is -0.136. The highest BCUT2D eigenvalue weighted by Gasteiger charge is 2.15. The van der Waals surface area contributed by atoms with Crippen molar-refractivity contribution in [2.75, 3.05) is 0 Å². The first-order valence-electron chi connectivity index (χ1n) is 6.48. The van der Waals surface area contributed by atoms with Gasteiger partial charge in [0.25, 0.3) is 0 Å². The molecule has 2 heterocycles. The van der Waals surface area contributed by atoms with Gasteiger partial charge in [0.05, 0.1) is 21.3 Å². The highest BCUT2D eigenvalue weighted by molar-refractivity contribution is 7.19. The van der Waals surface area contributed by atoms with E-state index < -0.39 is 5.97 Å². The van der Waals surface area contributed by atoms with Crippen LogP contribution in [0.15, 0.2) is 42.5 Å². The molecule has 1 aromatic carbocycles. The maximum absolute atomic E-state index is 13.0. The summed E-state index contributed by atoms with van der Waals surface area (Å²) in [5.41, 5.74) is 2.95. The Bertz CT molecular complexity index is 823. The Labute approximate surface area is 135 Å². The molecule has 0 bridgehead atoms. The van der Waals surface area contributed by atoms with E-state index >= 15 is 0 Å².